The van der Waals surface area contributed by atoms with Gasteiger partial charge in [0.25, 0.3) is 5.69 Å². The summed E-state index contributed by atoms with van der Waals surface area (Å²) in [6.45, 7) is 4.16. The summed E-state index contributed by atoms with van der Waals surface area (Å²) in [5.41, 5.74) is 6.51. The average molecular weight is 278 g/mol. The van der Waals surface area contributed by atoms with Crippen molar-refractivity contribution in [3.8, 4) is 0 Å². The predicted molar refractivity (Wildman–Crippen MR) is 78.8 cm³/mol. The SMILES string of the molecule is CCCCCC(CC)c1cc([N+](=O)[O-])ccc1C(N)=O. The number of rotatable bonds is 8. The number of unbranched alkanes of at least 4 members (excludes halogenated alkanes) is 2. The molecule has 1 atom stereocenters. The van der Waals surface area contributed by atoms with E-state index in [2.05, 4.69) is 6.92 Å². The van der Waals surface area contributed by atoms with E-state index in [1.807, 2.05) is 6.92 Å². The van der Waals surface area contributed by atoms with Gasteiger partial charge in [0.2, 0.25) is 5.91 Å². The highest BCUT2D eigenvalue weighted by Crippen LogP contribution is 2.31. The van der Waals surface area contributed by atoms with E-state index in [1.165, 1.54) is 18.2 Å². The summed E-state index contributed by atoms with van der Waals surface area (Å²) in [7, 11) is 0. The summed E-state index contributed by atoms with van der Waals surface area (Å²) in [6.07, 6.45) is 5.05. The van der Waals surface area contributed by atoms with Gasteiger partial charge in [0, 0.05) is 17.7 Å². The minimum Gasteiger partial charge on any atom is -0.366 e. The Morgan fingerprint density at radius 2 is 2.05 bits per heavy atom. The number of primary amides is 1. The third kappa shape index (κ3) is 4.05. The molecule has 0 aromatic heterocycles. The van der Waals surface area contributed by atoms with E-state index in [0.29, 0.717) is 11.1 Å². The third-order valence-electron chi connectivity index (χ3n) is 3.60. The van der Waals surface area contributed by atoms with Crippen molar-refractivity contribution in [1.29, 1.82) is 0 Å². The Balaban J connectivity index is 3.11. The highest BCUT2D eigenvalue weighted by Gasteiger charge is 2.20. The van der Waals surface area contributed by atoms with E-state index in [-0.39, 0.29) is 11.6 Å². The summed E-state index contributed by atoms with van der Waals surface area (Å²) in [5.74, 6) is -0.382. The largest absolute Gasteiger partial charge is 0.366 e. The van der Waals surface area contributed by atoms with Gasteiger partial charge in [-0.1, -0.05) is 33.1 Å². The normalized spacial score (nSPS) is 12.1. The number of amides is 1. The molecule has 0 radical (unpaired) electrons. The summed E-state index contributed by atoms with van der Waals surface area (Å²) in [4.78, 5) is 22.0. The number of hydrogen-bond donors (Lipinski definition) is 1. The smallest absolute Gasteiger partial charge is 0.269 e. The van der Waals surface area contributed by atoms with Crippen molar-refractivity contribution in [1.82, 2.24) is 0 Å². The molecule has 20 heavy (non-hydrogen) atoms. The van der Waals surface area contributed by atoms with E-state index in [0.717, 1.165) is 32.1 Å². The fourth-order valence-electron chi connectivity index (χ4n) is 2.45. The van der Waals surface area contributed by atoms with Crippen LogP contribution in [-0.4, -0.2) is 10.8 Å². The molecule has 5 nitrogen and oxygen atoms in total. The molecule has 0 aliphatic carbocycles. The predicted octanol–water partition coefficient (Wildman–Crippen LogP) is 3.77. The molecule has 5 heteroatoms. The van der Waals surface area contributed by atoms with Crippen LogP contribution in [0.4, 0.5) is 5.69 Å². The number of nitrogens with two attached hydrogens (primary N) is 1. The Morgan fingerprint density at radius 3 is 2.55 bits per heavy atom. The van der Waals surface area contributed by atoms with Crippen LogP contribution in [0.3, 0.4) is 0 Å². The highest BCUT2D eigenvalue weighted by molar-refractivity contribution is 5.94. The molecule has 1 amide bonds. The van der Waals surface area contributed by atoms with Crippen LogP contribution in [0, 0.1) is 10.1 Å². The Morgan fingerprint density at radius 1 is 1.35 bits per heavy atom. The van der Waals surface area contributed by atoms with E-state index >= 15 is 0 Å². The summed E-state index contributed by atoms with van der Waals surface area (Å²) in [5, 5.41) is 10.9. The molecule has 0 aliphatic rings. The van der Waals surface area contributed by atoms with Gasteiger partial charge in [0.15, 0.2) is 0 Å². The molecule has 0 heterocycles. The number of benzene rings is 1. The van der Waals surface area contributed by atoms with Crippen LogP contribution >= 0.6 is 0 Å². The van der Waals surface area contributed by atoms with Crippen molar-refractivity contribution >= 4 is 11.6 Å². The minimum atomic E-state index is -0.524. The van der Waals surface area contributed by atoms with Crippen molar-refractivity contribution in [2.24, 2.45) is 5.73 Å². The van der Waals surface area contributed by atoms with Gasteiger partial charge in [0.1, 0.15) is 0 Å². The summed E-state index contributed by atoms with van der Waals surface area (Å²) < 4.78 is 0. The lowest BCUT2D eigenvalue weighted by molar-refractivity contribution is -0.384. The Bertz CT molecular complexity index is 486. The van der Waals surface area contributed by atoms with Gasteiger partial charge in [-0.2, -0.15) is 0 Å². The molecular formula is C15H22N2O3. The second-order valence-electron chi connectivity index (χ2n) is 4.99. The van der Waals surface area contributed by atoms with Crippen LogP contribution in [-0.2, 0) is 0 Å². The molecule has 0 bridgehead atoms. The van der Waals surface area contributed by atoms with Gasteiger partial charge >= 0.3 is 0 Å². The number of carbonyl (C=O) groups is 1. The number of non-ortho nitro benzene ring substituents is 1. The van der Waals surface area contributed by atoms with Gasteiger partial charge in [-0.25, -0.2) is 0 Å². The van der Waals surface area contributed by atoms with Crippen molar-refractivity contribution < 1.29 is 9.72 Å². The van der Waals surface area contributed by atoms with Crippen molar-refractivity contribution in [3.05, 3.63) is 39.4 Å². The zero-order valence-electron chi connectivity index (χ0n) is 12.1. The second kappa shape index (κ2) is 7.62. The monoisotopic (exact) mass is 278 g/mol. The maximum Gasteiger partial charge on any atom is 0.269 e. The average Bonchev–Trinajstić information content (AvgIpc) is 2.43. The zero-order valence-corrected chi connectivity index (χ0v) is 12.1. The van der Waals surface area contributed by atoms with Gasteiger partial charge in [-0.05, 0) is 30.4 Å². The third-order valence-corrected chi connectivity index (χ3v) is 3.60. The van der Waals surface area contributed by atoms with Crippen LogP contribution in [0.2, 0.25) is 0 Å². The molecule has 110 valence electrons. The van der Waals surface area contributed by atoms with Crippen LogP contribution in [0.15, 0.2) is 18.2 Å². The molecule has 0 aliphatic heterocycles. The Labute approximate surface area is 119 Å². The number of nitro groups is 1. The first-order valence-electron chi connectivity index (χ1n) is 7.09. The van der Waals surface area contributed by atoms with Gasteiger partial charge < -0.3 is 5.73 Å². The second-order valence-corrected chi connectivity index (χ2v) is 4.99. The molecule has 0 spiro atoms. The molecule has 0 fully saturated rings. The molecule has 2 N–H and O–H groups in total. The number of carbonyl (C=O) groups excluding carboxylic acids is 1. The van der Waals surface area contributed by atoms with Crippen LogP contribution in [0.1, 0.15) is 67.8 Å². The van der Waals surface area contributed by atoms with Crippen molar-refractivity contribution in [3.63, 3.8) is 0 Å². The lowest BCUT2D eigenvalue weighted by Crippen LogP contribution is -2.16. The topological polar surface area (TPSA) is 86.2 Å². The number of nitro benzene ring substituents is 1. The Hall–Kier alpha value is -1.91. The first-order chi connectivity index (χ1) is 9.51. The van der Waals surface area contributed by atoms with E-state index in [4.69, 9.17) is 5.73 Å². The molecule has 1 aromatic carbocycles. The zero-order chi connectivity index (χ0) is 15.1. The molecule has 1 unspecified atom stereocenters. The van der Waals surface area contributed by atoms with E-state index in [1.54, 1.807) is 0 Å². The van der Waals surface area contributed by atoms with Crippen molar-refractivity contribution in [2.75, 3.05) is 0 Å². The quantitative estimate of drug-likeness (QED) is 0.446. The first-order valence-corrected chi connectivity index (χ1v) is 7.09. The molecule has 0 saturated carbocycles. The molecule has 1 aromatic rings. The molecular weight excluding hydrogens is 256 g/mol. The van der Waals surface area contributed by atoms with Crippen LogP contribution in [0.5, 0.6) is 0 Å². The Kier molecular flexibility index (Phi) is 6.15. The highest BCUT2D eigenvalue weighted by atomic mass is 16.6. The molecule has 1 rings (SSSR count). The number of hydrogen-bond acceptors (Lipinski definition) is 3. The van der Waals surface area contributed by atoms with Crippen molar-refractivity contribution in [2.45, 2.75) is 51.9 Å². The van der Waals surface area contributed by atoms with E-state index < -0.39 is 10.8 Å². The van der Waals surface area contributed by atoms with E-state index in [9.17, 15) is 14.9 Å². The summed E-state index contributed by atoms with van der Waals surface area (Å²) in [6, 6.07) is 4.31. The fourth-order valence-corrected chi connectivity index (χ4v) is 2.45. The fraction of sp³-hybridized carbons (Fsp3) is 0.533. The maximum absolute atomic E-state index is 11.5. The van der Waals surface area contributed by atoms with Gasteiger partial charge in [-0.3, -0.25) is 14.9 Å². The summed E-state index contributed by atoms with van der Waals surface area (Å²) >= 11 is 0. The van der Waals surface area contributed by atoms with Crippen LogP contribution in [0.25, 0.3) is 0 Å². The first kappa shape index (κ1) is 16.1. The van der Waals surface area contributed by atoms with Crippen LogP contribution < -0.4 is 5.73 Å². The number of nitrogens with zero attached hydrogens (tertiary/aromatic N) is 1. The standard InChI is InChI=1S/C15H22N2O3/c1-3-5-6-7-11(4-2)14-10-12(17(19)20)8-9-13(14)15(16)18/h8-11H,3-7H2,1-2H3,(H2,16,18). The lowest BCUT2D eigenvalue weighted by Gasteiger charge is -2.17. The lowest BCUT2D eigenvalue weighted by atomic mass is 9.87. The molecule has 0 saturated heterocycles. The van der Waals surface area contributed by atoms with Gasteiger partial charge in [-0.15, -0.1) is 0 Å². The van der Waals surface area contributed by atoms with Gasteiger partial charge in [0.05, 0.1) is 4.92 Å². The minimum absolute atomic E-state index is 0.0129. The maximum atomic E-state index is 11.5.